The molecule has 0 N–H and O–H groups in total. The van der Waals surface area contributed by atoms with Crippen LogP contribution in [-0.4, -0.2) is 12.7 Å². The third-order valence-corrected chi connectivity index (χ3v) is 15.7. The Morgan fingerprint density at radius 3 is 1.90 bits per heavy atom. The molecule has 0 aromatic heterocycles. The molecule has 3 aliphatic heterocycles. The molecule has 4 nitrogen and oxygen atoms in total. The highest BCUT2D eigenvalue weighted by molar-refractivity contribution is 6.91. The normalized spacial score (nSPS) is 20.5. The maximum absolute atomic E-state index is 9.62. The van der Waals surface area contributed by atoms with E-state index in [1.165, 1.54) is 11.1 Å². The minimum absolute atomic E-state index is 0.0382. The second-order valence-corrected chi connectivity index (χ2v) is 22.1. The smallest absolute Gasteiger partial charge is 0.267 e. The monoisotopic (exact) mass is 963 g/mol. The average molecular weight is 963 g/mol. The third-order valence-electron chi connectivity index (χ3n) is 15.7. The van der Waals surface area contributed by atoms with Crippen molar-refractivity contribution in [2.45, 2.75) is 89.6 Å². The van der Waals surface area contributed by atoms with Gasteiger partial charge in [0.2, 0.25) is 0 Å². The standard InChI is InChI=1S/C68H62BN3O/c1-66(2,3)49-32-36-62-55(41-49)64-65(73-62)69-58-35-31-48(46-23-14-9-15-24-46)40-59(58)71(52-30-20-25-47(39-52)45-21-12-8-13-22-45)60-43-54(70(50-26-16-10-17-27-50)51-28-18-11-19-29-51)44-61(63(60)69)72(64)53-33-34-56-57(42-53)68(6,7)38-37-67(56,4)5/h8-36,39-44,64-65H,37-38H2,1-7H3/i8D,9D,10D,12D,13D,14D,15D,16D,17D,21D,22D,23D,24D,26D,27D. The molecule has 5 heteroatoms. The number of para-hydroxylation sites is 2. The molecule has 0 radical (unpaired) electrons. The first-order valence-corrected chi connectivity index (χ1v) is 25.1. The van der Waals surface area contributed by atoms with Crippen molar-refractivity contribution in [3.8, 4) is 28.0 Å². The summed E-state index contributed by atoms with van der Waals surface area (Å²) in [6.07, 6.45) is 1.94. The molecule has 9 aromatic rings. The summed E-state index contributed by atoms with van der Waals surface area (Å²) in [6.45, 7) is 15.0. The average Bonchev–Trinajstić information content (AvgIpc) is 1.22. The highest BCUT2D eigenvalue weighted by Crippen LogP contribution is 2.56. The summed E-state index contributed by atoms with van der Waals surface area (Å²) in [6, 6.07) is 30.1. The van der Waals surface area contributed by atoms with Crippen LogP contribution in [0.2, 0.25) is 0 Å². The largest absolute Gasteiger partial charge is 0.495 e. The molecule has 13 rings (SSSR count). The minimum Gasteiger partial charge on any atom is -0.495 e. The zero-order valence-corrected chi connectivity index (χ0v) is 41.9. The van der Waals surface area contributed by atoms with Gasteiger partial charge in [0, 0.05) is 45.4 Å². The third kappa shape index (κ3) is 7.49. The van der Waals surface area contributed by atoms with E-state index >= 15 is 0 Å². The van der Waals surface area contributed by atoms with Gasteiger partial charge in [0.1, 0.15) is 11.8 Å². The Hall–Kier alpha value is -7.76. The molecule has 0 saturated carbocycles. The minimum atomic E-state index is -0.668. The van der Waals surface area contributed by atoms with Gasteiger partial charge in [-0.25, -0.2) is 0 Å². The summed E-state index contributed by atoms with van der Waals surface area (Å²) < 4.78 is 143. The fraction of sp³-hybridized carbons (Fsp3) is 0.206. The first-order chi connectivity index (χ1) is 41.5. The van der Waals surface area contributed by atoms with Crippen LogP contribution in [0, 0.1) is 0 Å². The molecule has 0 saturated heterocycles. The van der Waals surface area contributed by atoms with E-state index in [1.807, 2.05) is 65.6 Å². The number of benzene rings is 9. The van der Waals surface area contributed by atoms with Crippen molar-refractivity contribution in [3.63, 3.8) is 0 Å². The Morgan fingerprint density at radius 1 is 0.548 bits per heavy atom. The van der Waals surface area contributed by atoms with Crippen LogP contribution in [0.5, 0.6) is 5.75 Å². The van der Waals surface area contributed by atoms with Crippen molar-refractivity contribution in [2.75, 3.05) is 14.7 Å². The van der Waals surface area contributed by atoms with Gasteiger partial charge in [0.25, 0.3) is 6.71 Å². The molecule has 4 aliphatic rings. The van der Waals surface area contributed by atoms with Gasteiger partial charge < -0.3 is 19.4 Å². The van der Waals surface area contributed by atoms with Gasteiger partial charge >= 0.3 is 0 Å². The molecular formula is C68H62BN3O. The van der Waals surface area contributed by atoms with E-state index in [0.717, 1.165) is 40.6 Å². The fourth-order valence-corrected chi connectivity index (χ4v) is 11.9. The molecule has 0 fully saturated rings. The van der Waals surface area contributed by atoms with Gasteiger partial charge in [-0.2, -0.15) is 0 Å². The predicted molar refractivity (Wildman–Crippen MR) is 308 cm³/mol. The maximum Gasteiger partial charge on any atom is 0.267 e. The summed E-state index contributed by atoms with van der Waals surface area (Å²) in [7, 11) is 0. The van der Waals surface area contributed by atoms with Crippen molar-refractivity contribution in [3.05, 3.63) is 234 Å². The molecule has 2 unspecified atom stereocenters. The lowest BCUT2D eigenvalue weighted by molar-refractivity contribution is 0.282. The molecule has 0 amide bonds. The van der Waals surface area contributed by atoms with Crippen LogP contribution in [0.4, 0.5) is 45.5 Å². The Labute approximate surface area is 453 Å². The zero-order chi connectivity index (χ0) is 62.9. The first kappa shape index (κ1) is 31.6. The quantitative estimate of drug-likeness (QED) is 0.148. The molecule has 2 atom stereocenters. The van der Waals surface area contributed by atoms with E-state index < -0.39 is 109 Å². The first-order valence-electron chi connectivity index (χ1n) is 32.6. The molecule has 73 heavy (non-hydrogen) atoms. The second-order valence-electron chi connectivity index (χ2n) is 22.1. The molecule has 1 aliphatic carbocycles. The fourth-order valence-electron chi connectivity index (χ4n) is 11.9. The van der Waals surface area contributed by atoms with Crippen LogP contribution in [0.1, 0.15) is 110 Å². The van der Waals surface area contributed by atoms with Gasteiger partial charge in [-0.15, -0.1) is 0 Å². The topological polar surface area (TPSA) is 19.0 Å². The molecule has 3 heterocycles. The summed E-state index contributed by atoms with van der Waals surface area (Å²) in [5.41, 5.74) is 9.61. The highest BCUT2D eigenvalue weighted by Gasteiger charge is 2.56. The summed E-state index contributed by atoms with van der Waals surface area (Å²) in [5, 5.41) is 0. The van der Waals surface area contributed by atoms with Gasteiger partial charge in [0.05, 0.1) is 32.3 Å². The van der Waals surface area contributed by atoms with E-state index in [-0.39, 0.29) is 33.1 Å². The zero-order valence-electron chi connectivity index (χ0n) is 56.9. The van der Waals surface area contributed by atoms with E-state index in [9.17, 15) is 5.48 Å². The number of rotatable bonds is 7. The van der Waals surface area contributed by atoms with Gasteiger partial charge in [-0.05, 0) is 158 Å². The van der Waals surface area contributed by atoms with Crippen LogP contribution < -0.4 is 30.4 Å². The van der Waals surface area contributed by atoms with Crippen LogP contribution in [0.3, 0.4) is 0 Å². The van der Waals surface area contributed by atoms with Crippen LogP contribution >= 0.6 is 0 Å². The number of hydrogen-bond acceptors (Lipinski definition) is 4. The summed E-state index contributed by atoms with van der Waals surface area (Å²) >= 11 is 0. The Bertz CT molecular complexity index is 4400. The maximum atomic E-state index is 9.62. The van der Waals surface area contributed by atoms with Gasteiger partial charge in [-0.3, -0.25) is 0 Å². The lowest BCUT2D eigenvalue weighted by Gasteiger charge is -2.49. The van der Waals surface area contributed by atoms with Crippen LogP contribution in [0.15, 0.2) is 212 Å². The van der Waals surface area contributed by atoms with Crippen molar-refractivity contribution in [1.29, 1.82) is 0 Å². The summed E-state index contributed by atoms with van der Waals surface area (Å²) in [5.74, 6) is 0.679. The Morgan fingerprint density at radius 2 is 1.21 bits per heavy atom. The molecule has 358 valence electrons. The van der Waals surface area contributed by atoms with Crippen molar-refractivity contribution in [2.24, 2.45) is 0 Å². The highest BCUT2D eigenvalue weighted by atomic mass is 16.5. The summed E-state index contributed by atoms with van der Waals surface area (Å²) in [4.78, 5) is 6.00. The SMILES string of the molecule is [2H]c1c([2H])c([2H])c(-c2cccc(N3c4cc(-c5c([2H])c([2H])c([2H])c([2H])c5[2H])ccc4B4c5c3cc(N(c3ccccc3)c3c([2H])c([2H])c([2H])c([2H])c3[2H])cc5N(c3ccc5c(c3)C(C)(C)CCC5(C)C)C3c5cc(C(C)(C)C)ccc5OC43)c2)c([2H])c1[2H]. The van der Waals surface area contributed by atoms with E-state index in [0.29, 0.717) is 51.0 Å². The Balaban J connectivity index is 1.21. The van der Waals surface area contributed by atoms with Gasteiger partial charge in [0.15, 0.2) is 0 Å². The van der Waals surface area contributed by atoms with E-state index in [1.54, 1.807) is 35.2 Å². The van der Waals surface area contributed by atoms with Crippen LogP contribution in [-0.2, 0) is 16.2 Å². The van der Waals surface area contributed by atoms with Crippen LogP contribution in [0.25, 0.3) is 22.3 Å². The number of nitrogens with zero attached hydrogens (tertiary/aromatic N) is 3. The molecular weight excluding hydrogens is 886 g/mol. The van der Waals surface area contributed by atoms with Gasteiger partial charge in [-0.1, -0.05) is 182 Å². The molecule has 9 aromatic carbocycles. The van der Waals surface area contributed by atoms with E-state index in [2.05, 4.69) is 83.7 Å². The van der Waals surface area contributed by atoms with Crippen molar-refractivity contribution in [1.82, 2.24) is 0 Å². The Kier molecular flexibility index (Phi) is 7.33. The number of fused-ring (bicyclic) bond motifs is 7. The molecule has 0 spiro atoms. The van der Waals surface area contributed by atoms with Crippen molar-refractivity contribution < 1.29 is 25.3 Å². The predicted octanol–water partition coefficient (Wildman–Crippen LogP) is 16.7. The number of anilines is 8. The lowest BCUT2D eigenvalue weighted by atomic mass is 9.32. The number of hydrogen-bond donors (Lipinski definition) is 0. The van der Waals surface area contributed by atoms with E-state index in [4.69, 9.17) is 19.8 Å². The molecule has 0 bridgehead atoms. The van der Waals surface area contributed by atoms with Crippen molar-refractivity contribution >= 4 is 63.1 Å². The second kappa shape index (κ2) is 16.9. The number of ether oxygens (including phenoxy) is 1. The lowest BCUT2D eigenvalue weighted by Crippen LogP contribution is -2.65.